The highest BCUT2D eigenvalue weighted by atomic mass is 16.2. The summed E-state index contributed by atoms with van der Waals surface area (Å²) in [6.07, 6.45) is 1.66. The number of rotatable bonds is 5. The number of aromatic nitrogens is 2. The Morgan fingerprint density at radius 2 is 1.52 bits per heavy atom. The Balaban J connectivity index is 1.71. The van der Waals surface area contributed by atoms with Crippen molar-refractivity contribution < 1.29 is 9.59 Å². The molecule has 0 aliphatic rings. The van der Waals surface area contributed by atoms with Crippen LogP contribution in [0.25, 0.3) is 0 Å². The number of amides is 2. The maximum absolute atomic E-state index is 12.6. The van der Waals surface area contributed by atoms with E-state index in [0.29, 0.717) is 6.54 Å². The lowest BCUT2D eigenvalue weighted by Crippen LogP contribution is -2.25. The summed E-state index contributed by atoms with van der Waals surface area (Å²) in [6, 6.07) is 16.1. The molecule has 27 heavy (non-hydrogen) atoms. The van der Waals surface area contributed by atoms with Crippen LogP contribution in [0.2, 0.25) is 0 Å². The minimum atomic E-state index is -0.359. The minimum Gasteiger partial charge on any atom is -0.345 e. The predicted octanol–water partition coefficient (Wildman–Crippen LogP) is 3.28. The Morgan fingerprint density at radius 1 is 0.852 bits per heavy atom. The van der Waals surface area contributed by atoms with Gasteiger partial charge in [0.05, 0.1) is 12.2 Å². The van der Waals surface area contributed by atoms with Crippen LogP contribution in [-0.4, -0.2) is 21.8 Å². The first-order valence-electron chi connectivity index (χ1n) is 8.57. The quantitative estimate of drug-likeness (QED) is 0.731. The van der Waals surface area contributed by atoms with E-state index in [0.717, 1.165) is 22.5 Å². The fraction of sp³-hybridized carbons (Fsp3) is 0.143. The van der Waals surface area contributed by atoms with Crippen molar-refractivity contribution >= 4 is 17.5 Å². The second kappa shape index (κ2) is 8.23. The van der Waals surface area contributed by atoms with Gasteiger partial charge in [-0.05, 0) is 49.2 Å². The lowest BCUT2D eigenvalue weighted by molar-refractivity contribution is 0.0945. The van der Waals surface area contributed by atoms with Crippen LogP contribution >= 0.6 is 0 Å². The summed E-state index contributed by atoms with van der Waals surface area (Å²) >= 11 is 0. The summed E-state index contributed by atoms with van der Waals surface area (Å²) in [5.74, 6) is -0.714. The predicted molar refractivity (Wildman–Crippen MR) is 104 cm³/mol. The number of hydrogen-bond donors (Lipinski definition) is 2. The third-order valence-electron chi connectivity index (χ3n) is 4.09. The zero-order chi connectivity index (χ0) is 19.2. The monoisotopic (exact) mass is 360 g/mol. The number of anilines is 1. The van der Waals surface area contributed by atoms with Gasteiger partial charge in [0, 0.05) is 11.9 Å². The van der Waals surface area contributed by atoms with Gasteiger partial charge in [-0.25, -0.2) is 4.98 Å². The zero-order valence-corrected chi connectivity index (χ0v) is 15.2. The Bertz CT molecular complexity index is 951. The standard InChI is InChI=1S/C21H20N4O2/c1-14-7-5-8-15(2)19(14)25-21(27)18-11-6-10-17(24-18)20(26)23-13-16-9-3-4-12-22-16/h3-12H,13H2,1-2H3,(H,23,26)(H,25,27). The van der Waals surface area contributed by atoms with Gasteiger partial charge in [0.1, 0.15) is 11.4 Å². The minimum absolute atomic E-state index is 0.181. The molecule has 0 saturated heterocycles. The van der Waals surface area contributed by atoms with Crippen LogP contribution in [0.5, 0.6) is 0 Å². The molecule has 0 spiro atoms. The van der Waals surface area contributed by atoms with Crippen molar-refractivity contribution in [2.45, 2.75) is 20.4 Å². The molecular formula is C21H20N4O2. The summed E-state index contributed by atoms with van der Waals surface area (Å²) in [6.45, 7) is 4.15. The number of nitrogens with zero attached hydrogens (tertiary/aromatic N) is 2. The summed E-state index contributed by atoms with van der Waals surface area (Å²) in [5.41, 5.74) is 3.80. The molecule has 0 aliphatic carbocycles. The molecular weight excluding hydrogens is 340 g/mol. The second-order valence-corrected chi connectivity index (χ2v) is 6.13. The van der Waals surface area contributed by atoms with Crippen molar-refractivity contribution in [3.05, 3.63) is 89.0 Å². The van der Waals surface area contributed by atoms with Gasteiger partial charge in [-0.2, -0.15) is 0 Å². The lowest BCUT2D eigenvalue weighted by Gasteiger charge is -2.11. The van der Waals surface area contributed by atoms with E-state index in [1.165, 1.54) is 0 Å². The van der Waals surface area contributed by atoms with Gasteiger partial charge < -0.3 is 10.6 Å². The highest BCUT2D eigenvalue weighted by Gasteiger charge is 2.14. The third kappa shape index (κ3) is 4.55. The van der Waals surface area contributed by atoms with E-state index in [9.17, 15) is 9.59 Å². The van der Waals surface area contributed by atoms with Gasteiger partial charge in [0.15, 0.2) is 0 Å². The van der Waals surface area contributed by atoms with Gasteiger partial charge >= 0.3 is 0 Å². The van der Waals surface area contributed by atoms with Gasteiger partial charge in [-0.15, -0.1) is 0 Å². The van der Waals surface area contributed by atoms with Crippen LogP contribution < -0.4 is 10.6 Å². The molecule has 0 aliphatic heterocycles. The molecule has 0 unspecified atom stereocenters. The first kappa shape index (κ1) is 18.3. The maximum atomic E-state index is 12.6. The number of nitrogens with one attached hydrogen (secondary N) is 2. The Hall–Kier alpha value is -3.54. The lowest BCUT2D eigenvalue weighted by atomic mass is 10.1. The van der Waals surface area contributed by atoms with E-state index in [4.69, 9.17) is 0 Å². The molecule has 1 aromatic carbocycles. The number of carbonyl (C=O) groups excluding carboxylic acids is 2. The molecule has 3 rings (SSSR count). The molecule has 0 radical (unpaired) electrons. The van der Waals surface area contributed by atoms with Crippen LogP contribution in [0.4, 0.5) is 5.69 Å². The first-order chi connectivity index (χ1) is 13.0. The summed E-state index contributed by atoms with van der Waals surface area (Å²) < 4.78 is 0. The molecule has 2 heterocycles. The van der Waals surface area contributed by atoms with Crippen molar-refractivity contribution in [3.8, 4) is 0 Å². The average molecular weight is 360 g/mol. The smallest absolute Gasteiger partial charge is 0.274 e. The average Bonchev–Trinajstić information content (AvgIpc) is 2.70. The van der Waals surface area contributed by atoms with E-state index in [1.54, 1.807) is 24.4 Å². The van der Waals surface area contributed by atoms with E-state index < -0.39 is 0 Å². The molecule has 136 valence electrons. The SMILES string of the molecule is Cc1cccc(C)c1NC(=O)c1cccc(C(=O)NCc2ccccn2)n1. The number of aryl methyl sites for hydroxylation is 2. The highest BCUT2D eigenvalue weighted by Crippen LogP contribution is 2.20. The van der Waals surface area contributed by atoms with Gasteiger partial charge in [0.25, 0.3) is 11.8 Å². The van der Waals surface area contributed by atoms with Gasteiger partial charge in [0.2, 0.25) is 0 Å². The van der Waals surface area contributed by atoms with E-state index in [-0.39, 0.29) is 23.2 Å². The highest BCUT2D eigenvalue weighted by molar-refractivity contribution is 6.04. The van der Waals surface area contributed by atoms with Crippen molar-refractivity contribution in [1.82, 2.24) is 15.3 Å². The molecule has 6 nitrogen and oxygen atoms in total. The molecule has 2 N–H and O–H groups in total. The molecule has 6 heteroatoms. The molecule has 3 aromatic rings. The molecule has 0 saturated carbocycles. The van der Waals surface area contributed by atoms with Crippen LogP contribution in [0.1, 0.15) is 37.8 Å². The second-order valence-electron chi connectivity index (χ2n) is 6.13. The number of para-hydroxylation sites is 1. The first-order valence-corrected chi connectivity index (χ1v) is 8.57. The molecule has 2 amide bonds. The molecule has 0 atom stereocenters. The normalized spacial score (nSPS) is 10.3. The van der Waals surface area contributed by atoms with Crippen molar-refractivity contribution in [2.24, 2.45) is 0 Å². The third-order valence-corrected chi connectivity index (χ3v) is 4.09. The van der Waals surface area contributed by atoms with Crippen molar-refractivity contribution in [2.75, 3.05) is 5.32 Å². The van der Waals surface area contributed by atoms with E-state index in [2.05, 4.69) is 20.6 Å². The number of benzene rings is 1. The topological polar surface area (TPSA) is 84.0 Å². The van der Waals surface area contributed by atoms with Crippen molar-refractivity contribution in [3.63, 3.8) is 0 Å². The van der Waals surface area contributed by atoms with Gasteiger partial charge in [-0.1, -0.05) is 30.3 Å². The summed E-state index contributed by atoms with van der Waals surface area (Å²) in [4.78, 5) is 33.2. The Labute approximate surface area is 157 Å². The summed E-state index contributed by atoms with van der Waals surface area (Å²) in [5, 5.41) is 5.63. The van der Waals surface area contributed by atoms with Gasteiger partial charge in [-0.3, -0.25) is 14.6 Å². The van der Waals surface area contributed by atoms with E-state index >= 15 is 0 Å². The number of pyridine rings is 2. The fourth-order valence-electron chi connectivity index (χ4n) is 2.64. The van der Waals surface area contributed by atoms with Crippen molar-refractivity contribution in [1.29, 1.82) is 0 Å². The van der Waals surface area contributed by atoms with E-state index in [1.807, 2.05) is 50.2 Å². The number of hydrogen-bond acceptors (Lipinski definition) is 4. The van der Waals surface area contributed by atoms with Crippen LogP contribution in [0, 0.1) is 13.8 Å². The molecule has 0 bridgehead atoms. The maximum Gasteiger partial charge on any atom is 0.274 e. The molecule has 0 fully saturated rings. The Kier molecular flexibility index (Phi) is 5.56. The Morgan fingerprint density at radius 3 is 2.19 bits per heavy atom. The zero-order valence-electron chi connectivity index (χ0n) is 15.2. The molecule has 2 aromatic heterocycles. The summed E-state index contributed by atoms with van der Waals surface area (Å²) in [7, 11) is 0. The largest absolute Gasteiger partial charge is 0.345 e. The number of carbonyl (C=O) groups is 2. The van der Waals surface area contributed by atoms with Crippen LogP contribution in [0.15, 0.2) is 60.8 Å². The fourth-order valence-corrected chi connectivity index (χ4v) is 2.64. The van der Waals surface area contributed by atoms with Crippen LogP contribution in [-0.2, 0) is 6.54 Å². The van der Waals surface area contributed by atoms with Crippen LogP contribution in [0.3, 0.4) is 0 Å².